The number of piperazine rings is 1. The second kappa shape index (κ2) is 10.5. The van der Waals surface area contributed by atoms with Crippen LogP contribution in [-0.4, -0.2) is 43.8 Å². The van der Waals surface area contributed by atoms with Crippen LogP contribution in [0, 0.1) is 0 Å². The van der Waals surface area contributed by atoms with Gasteiger partial charge < -0.3 is 24.0 Å². The number of carbonyl (C=O) groups excluding carboxylic acids is 1. The van der Waals surface area contributed by atoms with E-state index in [1.807, 2.05) is 60.7 Å². The van der Waals surface area contributed by atoms with Crippen molar-refractivity contribution in [2.75, 3.05) is 31.6 Å². The molecule has 33 heavy (non-hydrogen) atoms. The summed E-state index contributed by atoms with van der Waals surface area (Å²) in [6.45, 7) is 4.25. The fourth-order valence-electron chi connectivity index (χ4n) is 3.85. The zero-order valence-electron chi connectivity index (χ0n) is 18.7. The highest BCUT2D eigenvalue weighted by Crippen LogP contribution is 2.25. The first kappa shape index (κ1) is 22.8. The van der Waals surface area contributed by atoms with Gasteiger partial charge in [0.15, 0.2) is 0 Å². The molecule has 0 radical (unpaired) electrons. The molecule has 1 aliphatic heterocycles. The number of hydrogen-bond donors (Lipinski definition) is 0. The molecule has 1 aliphatic rings. The Labute approximate surface area is 199 Å². The molecule has 3 aromatic rings. The van der Waals surface area contributed by atoms with Crippen LogP contribution in [0.1, 0.15) is 12.5 Å². The van der Waals surface area contributed by atoms with E-state index in [1.165, 1.54) is 0 Å². The number of ether oxygens (including phenoxy) is 3. The summed E-state index contributed by atoms with van der Waals surface area (Å²) in [5.41, 5.74) is 1.98. The Morgan fingerprint density at radius 1 is 0.970 bits per heavy atom. The largest absolute Gasteiger partial charge is 0.497 e. The first-order valence-electron chi connectivity index (χ1n) is 10.9. The van der Waals surface area contributed by atoms with Gasteiger partial charge in [0, 0.05) is 36.4 Å². The van der Waals surface area contributed by atoms with Crippen molar-refractivity contribution in [1.82, 2.24) is 4.90 Å². The fraction of sp³-hybridized carbons (Fsp3) is 0.269. The fourth-order valence-corrected chi connectivity index (χ4v) is 3.98. The summed E-state index contributed by atoms with van der Waals surface area (Å²) in [4.78, 5) is 16.7. The van der Waals surface area contributed by atoms with Crippen molar-refractivity contribution < 1.29 is 19.0 Å². The van der Waals surface area contributed by atoms with E-state index in [4.69, 9.17) is 25.8 Å². The molecule has 0 aliphatic carbocycles. The number of anilines is 1. The highest BCUT2D eigenvalue weighted by atomic mass is 35.5. The Kier molecular flexibility index (Phi) is 7.25. The van der Waals surface area contributed by atoms with Crippen molar-refractivity contribution in [1.29, 1.82) is 0 Å². The van der Waals surface area contributed by atoms with Crippen molar-refractivity contribution in [3.8, 4) is 17.2 Å². The van der Waals surface area contributed by atoms with E-state index in [0.29, 0.717) is 29.6 Å². The average Bonchev–Trinajstić information content (AvgIpc) is 2.84. The molecule has 1 unspecified atom stereocenters. The first-order valence-corrected chi connectivity index (χ1v) is 11.2. The molecular formula is C26H27ClN2O4. The Morgan fingerprint density at radius 2 is 1.70 bits per heavy atom. The molecule has 1 saturated heterocycles. The van der Waals surface area contributed by atoms with E-state index in [0.717, 1.165) is 23.5 Å². The van der Waals surface area contributed by atoms with Gasteiger partial charge in [-0.2, -0.15) is 0 Å². The van der Waals surface area contributed by atoms with E-state index >= 15 is 0 Å². The molecule has 4 rings (SSSR count). The SMILES string of the molecule is COc1ccc(N2CCN(C(=O)OCc3cccc(Oc4ccc(Cl)cc4)c3)CC2C)cc1. The van der Waals surface area contributed by atoms with E-state index < -0.39 is 0 Å². The third-order valence-corrected chi connectivity index (χ3v) is 5.85. The highest BCUT2D eigenvalue weighted by molar-refractivity contribution is 6.30. The number of halogens is 1. The monoisotopic (exact) mass is 466 g/mol. The summed E-state index contributed by atoms with van der Waals surface area (Å²) in [6.07, 6.45) is -0.305. The van der Waals surface area contributed by atoms with Crippen LogP contribution in [0.15, 0.2) is 72.8 Å². The zero-order chi connectivity index (χ0) is 23.2. The number of carbonyl (C=O) groups is 1. The van der Waals surface area contributed by atoms with Crippen molar-refractivity contribution in [3.05, 3.63) is 83.4 Å². The lowest BCUT2D eigenvalue weighted by Crippen LogP contribution is -2.53. The molecule has 7 heteroatoms. The van der Waals surface area contributed by atoms with Crippen LogP contribution in [0.3, 0.4) is 0 Å². The molecule has 1 atom stereocenters. The lowest BCUT2D eigenvalue weighted by molar-refractivity contribution is 0.0898. The summed E-state index contributed by atoms with van der Waals surface area (Å²) in [5, 5.41) is 0.655. The van der Waals surface area contributed by atoms with Crippen LogP contribution >= 0.6 is 11.6 Å². The Bertz CT molecular complexity index is 1070. The number of hydrogen-bond acceptors (Lipinski definition) is 5. The molecule has 1 amide bonds. The molecule has 172 valence electrons. The average molecular weight is 467 g/mol. The molecule has 0 bridgehead atoms. The molecule has 0 aromatic heterocycles. The van der Waals surface area contributed by atoms with Gasteiger partial charge in [0.05, 0.1) is 7.11 Å². The van der Waals surface area contributed by atoms with Gasteiger partial charge in [0.1, 0.15) is 23.9 Å². The number of nitrogens with zero attached hydrogens (tertiary/aromatic N) is 2. The summed E-state index contributed by atoms with van der Waals surface area (Å²) >= 11 is 5.92. The Morgan fingerprint density at radius 3 is 2.39 bits per heavy atom. The second-order valence-electron chi connectivity index (χ2n) is 7.94. The van der Waals surface area contributed by atoms with E-state index in [-0.39, 0.29) is 18.7 Å². The number of amides is 1. The van der Waals surface area contributed by atoms with Crippen LogP contribution in [0.4, 0.5) is 10.5 Å². The molecule has 6 nitrogen and oxygen atoms in total. The maximum Gasteiger partial charge on any atom is 0.410 e. The van der Waals surface area contributed by atoms with Crippen molar-refractivity contribution in [2.45, 2.75) is 19.6 Å². The lowest BCUT2D eigenvalue weighted by Gasteiger charge is -2.40. The Hall–Kier alpha value is -3.38. The summed E-state index contributed by atoms with van der Waals surface area (Å²) in [6, 6.07) is 22.9. The van der Waals surface area contributed by atoms with Crippen molar-refractivity contribution >= 4 is 23.4 Å². The van der Waals surface area contributed by atoms with E-state index in [9.17, 15) is 4.79 Å². The maximum atomic E-state index is 12.7. The topological polar surface area (TPSA) is 51.2 Å². The van der Waals surface area contributed by atoms with Crippen LogP contribution in [0.2, 0.25) is 5.02 Å². The predicted octanol–water partition coefficient (Wildman–Crippen LogP) is 5.99. The highest BCUT2D eigenvalue weighted by Gasteiger charge is 2.27. The predicted molar refractivity (Wildman–Crippen MR) is 130 cm³/mol. The molecule has 0 spiro atoms. The van der Waals surface area contributed by atoms with Crippen LogP contribution < -0.4 is 14.4 Å². The van der Waals surface area contributed by atoms with Gasteiger partial charge in [0.25, 0.3) is 0 Å². The zero-order valence-corrected chi connectivity index (χ0v) is 19.5. The van der Waals surface area contributed by atoms with Gasteiger partial charge in [-0.25, -0.2) is 4.79 Å². The van der Waals surface area contributed by atoms with E-state index in [2.05, 4.69) is 11.8 Å². The molecule has 1 heterocycles. The third-order valence-electron chi connectivity index (χ3n) is 5.60. The quantitative estimate of drug-likeness (QED) is 0.446. The first-order chi connectivity index (χ1) is 16.0. The van der Waals surface area contributed by atoms with Crippen LogP contribution in [0.5, 0.6) is 17.2 Å². The van der Waals surface area contributed by atoms with Crippen molar-refractivity contribution in [3.63, 3.8) is 0 Å². The summed E-state index contributed by atoms with van der Waals surface area (Å²) in [5.74, 6) is 2.20. The van der Waals surface area contributed by atoms with Gasteiger partial charge in [0.2, 0.25) is 0 Å². The molecule has 0 saturated carbocycles. The minimum atomic E-state index is -0.305. The molecule has 1 fully saturated rings. The molecular weight excluding hydrogens is 440 g/mol. The van der Waals surface area contributed by atoms with Gasteiger partial charge in [-0.1, -0.05) is 23.7 Å². The molecule has 3 aromatic carbocycles. The van der Waals surface area contributed by atoms with Crippen LogP contribution in [-0.2, 0) is 11.3 Å². The Balaban J connectivity index is 1.29. The smallest absolute Gasteiger partial charge is 0.410 e. The van der Waals surface area contributed by atoms with Gasteiger partial charge in [-0.15, -0.1) is 0 Å². The number of benzene rings is 3. The number of rotatable bonds is 6. The normalized spacial score (nSPS) is 15.8. The maximum absolute atomic E-state index is 12.7. The van der Waals surface area contributed by atoms with Gasteiger partial charge in [-0.3, -0.25) is 0 Å². The van der Waals surface area contributed by atoms with Crippen molar-refractivity contribution in [2.24, 2.45) is 0 Å². The third kappa shape index (κ3) is 5.90. The van der Waals surface area contributed by atoms with E-state index in [1.54, 1.807) is 24.1 Å². The van der Waals surface area contributed by atoms with Gasteiger partial charge in [-0.05, 0) is 73.2 Å². The number of methoxy groups -OCH3 is 1. The second-order valence-corrected chi connectivity index (χ2v) is 8.38. The van der Waals surface area contributed by atoms with Crippen LogP contribution in [0.25, 0.3) is 0 Å². The minimum absolute atomic E-state index is 0.177. The summed E-state index contributed by atoms with van der Waals surface area (Å²) in [7, 11) is 1.66. The van der Waals surface area contributed by atoms with Gasteiger partial charge >= 0.3 is 6.09 Å². The molecule has 0 N–H and O–H groups in total. The standard InChI is InChI=1S/C26H27ClN2O4/c1-19-17-28(14-15-29(19)22-8-12-23(31-2)13-9-22)26(30)32-18-20-4-3-5-25(16-20)33-24-10-6-21(27)7-11-24/h3-13,16,19H,14-15,17-18H2,1-2H3. The minimum Gasteiger partial charge on any atom is -0.497 e. The lowest BCUT2D eigenvalue weighted by atomic mass is 10.1. The summed E-state index contributed by atoms with van der Waals surface area (Å²) < 4.78 is 16.7.